The summed E-state index contributed by atoms with van der Waals surface area (Å²) in [5, 5.41) is 3.46. The lowest BCUT2D eigenvalue weighted by Crippen LogP contribution is -2.59. The molecule has 9 heteroatoms. The number of ether oxygens (including phenoxy) is 1. The van der Waals surface area contributed by atoms with Crippen LogP contribution in [0.2, 0.25) is 5.02 Å². The Morgan fingerprint density at radius 1 is 1.11 bits per heavy atom. The summed E-state index contributed by atoms with van der Waals surface area (Å²) in [6, 6.07) is 6.75. The predicted octanol–water partition coefficient (Wildman–Crippen LogP) is 1.65. The van der Waals surface area contributed by atoms with Gasteiger partial charge in [-0.25, -0.2) is 4.79 Å². The molecule has 3 rings (SSSR count). The summed E-state index contributed by atoms with van der Waals surface area (Å²) >= 11 is 5.85. The molecular formula is C19H25ClN4O4. The highest BCUT2D eigenvalue weighted by molar-refractivity contribution is 6.35. The number of halogens is 1. The van der Waals surface area contributed by atoms with Crippen molar-refractivity contribution in [2.24, 2.45) is 0 Å². The minimum absolute atomic E-state index is 0.0133. The maximum Gasteiger partial charge on any atom is 0.321 e. The van der Waals surface area contributed by atoms with E-state index in [1.165, 1.54) is 4.90 Å². The van der Waals surface area contributed by atoms with Crippen molar-refractivity contribution < 1.29 is 19.1 Å². The first kappa shape index (κ1) is 20.4. The standard InChI is InChI=1S/C19H25ClN4O4/c1-28-13-12-22-10-11-24(18(26)17(22)25)16-6-8-23(9-7-16)19(27)21-15-4-2-14(20)3-5-15/h2-5,16H,6-13H2,1H3,(H,21,27). The van der Waals surface area contributed by atoms with Crippen LogP contribution < -0.4 is 5.32 Å². The second-order valence-corrected chi connectivity index (χ2v) is 7.38. The van der Waals surface area contributed by atoms with Crippen molar-refractivity contribution in [3.8, 4) is 0 Å². The van der Waals surface area contributed by atoms with Crippen molar-refractivity contribution in [2.75, 3.05) is 51.8 Å². The number of anilines is 1. The molecule has 0 atom stereocenters. The number of urea groups is 1. The van der Waals surface area contributed by atoms with Gasteiger partial charge in [-0.2, -0.15) is 0 Å². The summed E-state index contributed by atoms with van der Waals surface area (Å²) in [6.45, 7) is 2.96. The average molecular weight is 409 g/mol. The molecule has 0 unspecified atom stereocenters. The zero-order valence-electron chi connectivity index (χ0n) is 15.9. The number of methoxy groups -OCH3 is 1. The third kappa shape index (κ3) is 4.74. The first-order valence-electron chi connectivity index (χ1n) is 9.40. The molecule has 28 heavy (non-hydrogen) atoms. The molecule has 1 N–H and O–H groups in total. The highest BCUT2D eigenvalue weighted by Gasteiger charge is 2.37. The zero-order chi connectivity index (χ0) is 20.1. The van der Waals surface area contributed by atoms with E-state index in [1.54, 1.807) is 41.2 Å². The molecule has 152 valence electrons. The van der Waals surface area contributed by atoms with Crippen LogP contribution in [0.4, 0.5) is 10.5 Å². The SMILES string of the molecule is COCCN1CCN(C2CCN(C(=O)Nc3ccc(Cl)cc3)CC2)C(=O)C1=O. The van der Waals surface area contributed by atoms with Gasteiger partial charge in [0.1, 0.15) is 0 Å². The fourth-order valence-corrected chi connectivity index (χ4v) is 3.70. The Labute approximate surface area is 169 Å². The quantitative estimate of drug-likeness (QED) is 0.751. The van der Waals surface area contributed by atoms with E-state index in [0.29, 0.717) is 62.9 Å². The third-order valence-corrected chi connectivity index (χ3v) is 5.45. The lowest BCUT2D eigenvalue weighted by molar-refractivity contribution is -0.158. The van der Waals surface area contributed by atoms with Gasteiger partial charge in [0.25, 0.3) is 0 Å². The van der Waals surface area contributed by atoms with E-state index in [0.717, 1.165) is 0 Å². The molecular weight excluding hydrogens is 384 g/mol. The number of carbonyl (C=O) groups excluding carboxylic acids is 3. The van der Waals surface area contributed by atoms with E-state index >= 15 is 0 Å². The molecule has 2 aliphatic rings. The van der Waals surface area contributed by atoms with E-state index < -0.39 is 11.8 Å². The predicted molar refractivity (Wildman–Crippen MR) is 105 cm³/mol. The minimum Gasteiger partial charge on any atom is -0.383 e. The van der Waals surface area contributed by atoms with Gasteiger partial charge in [-0.15, -0.1) is 0 Å². The zero-order valence-corrected chi connectivity index (χ0v) is 16.7. The fourth-order valence-electron chi connectivity index (χ4n) is 3.57. The molecule has 0 saturated carbocycles. The number of nitrogens with zero attached hydrogens (tertiary/aromatic N) is 3. The number of carbonyl (C=O) groups is 3. The molecule has 0 aliphatic carbocycles. The fraction of sp³-hybridized carbons (Fsp3) is 0.526. The van der Waals surface area contributed by atoms with E-state index in [2.05, 4.69) is 5.32 Å². The van der Waals surface area contributed by atoms with Gasteiger partial charge in [0, 0.05) is 56.6 Å². The highest BCUT2D eigenvalue weighted by atomic mass is 35.5. The Morgan fingerprint density at radius 2 is 1.79 bits per heavy atom. The molecule has 8 nitrogen and oxygen atoms in total. The minimum atomic E-state index is -0.466. The highest BCUT2D eigenvalue weighted by Crippen LogP contribution is 2.21. The van der Waals surface area contributed by atoms with Gasteiger partial charge in [-0.1, -0.05) is 11.6 Å². The van der Waals surface area contributed by atoms with Crippen LogP contribution in [0.1, 0.15) is 12.8 Å². The number of hydrogen-bond donors (Lipinski definition) is 1. The third-order valence-electron chi connectivity index (χ3n) is 5.20. The number of piperidine rings is 1. The number of rotatable bonds is 5. The summed E-state index contributed by atoms with van der Waals surface area (Å²) in [6.07, 6.45) is 1.32. The summed E-state index contributed by atoms with van der Waals surface area (Å²) in [4.78, 5) is 42.1. The lowest BCUT2D eigenvalue weighted by Gasteiger charge is -2.42. The molecule has 2 fully saturated rings. The number of hydrogen-bond acceptors (Lipinski definition) is 4. The van der Waals surface area contributed by atoms with Crippen LogP contribution in [-0.2, 0) is 14.3 Å². The van der Waals surface area contributed by atoms with Crippen LogP contribution in [0.25, 0.3) is 0 Å². The van der Waals surface area contributed by atoms with Crippen molar-refractivity contribution in [3.05, 3.63) is 29.3 Å². The number of piperazine rings is 1. The van der Waals surface area contributed by atoms with Gasteiger partial charge < -0.3 is 24.8 Å². The summed E-state index contributed by atoms with van der Waals surface area (Å²) in [5.41, 5.74) is 0.685. The van der Waals surface area contributed by atoms with Crippen molar-refractivity contribution in [1.29, 1.82) is 0 Å². The number of amides is 4. The van der Waals surface area contributed by atoms with Gasteiger partial charge in [-0.05, 0) is 37.1 Å². The van der Waals surface area contributed by atoms with Gasteiger partial charge >= 0.3 is 17.8 Å². The van der Waals surface area contributed by atoms with Crippen molar-refractivity contribution in [1.82, 2.24) is 14.7 Å². The summed E-state index contributed by atoms with van der Waals surface area (Å²) in [5.74, 6) is -0.919. The van der Waals surface area contributed by atoms with E-state index in [9.17, 15) is 14.4 Å². The summed E-state index contributed by atoms with van der Waals surface area (Å²) in [7, 11) is 1.57. The maximum absolute atomic E-state index is 12.5. The molecule has 2 aliphatic heterocycles. The molecule has 0 bridgehead atoms. The van der Waals surface area contributed by atoms with Crippen LogP contribution in [0.5, 0.6) is 0 Å². The Balaban J connectivity index is 1.49. The van der Waals surface area contributed by atoms with Crippen LogP contribution >= 0.6 is 11.6 Å². The lowest BCUT2D eigenvalue weighted by atomic mass is 10.0. The van der Waals surface area contributed by atoms with Gasteiger partial charge in [-0.3, -0.25) is 9.59 Å². The largest absolute Gasteiger partial charge is 0.383 e. The Bertz CT molecular complexity index is 719. The Hall–Kier alpha value is -2.32. The monoisotopic (exact) mass is 408 g/mol. The van der Waals surface area contributed by atoms with Crippen LogP contribution in [0.3, 0.4) is 0 Å². The molecule has 0 radical (unpaired) electrons. The number of nitrogens with one attached hydrogen (secondary N) is 1. The summed E-state index contributed by atoms with van der Waals surface area (Å²) < 4.78 is 4.99. The van der Waals surface area contributed by atoms with Gasteiger partial charge in [0.15, 0.2) is 0 Å². The van der Waals surface area contributed by atoms with Crippen LogP contribution in [0.15, 0.2) is 24.3 Å². The van der Waals surface area contributed by atoms with E-state index in [1.807, 2.05) is 0 Å². The average Bonchev–Trinajstić information content (AvgIpc) is 2.71. The second kappa shape index (κ2) is 9.25. The van der Waals surface area contributed by atoms with E-state index in [-0.39, 0.29) is 12.1 Å². The van der Waals surface area contributed by atoms with E-state index in [4.69, 9.17) is 16.3 Å². The van der Waals surface area contributed by atoms with Crippen molar-refractivity contribution >= 4 is 35.1 Å². The Kier molecular flexibility index (Phi) is 6.74. The van der Waals surface area contributed by atoms with Gasteiger partial charge in [0.05, 0.1) is 6.61 Å². The topological polar surface area (TPSA) is 82.2 Å². The second-order valence-electron chi connectivity index (χ2n) is 6.94. The van der Waals surface area contributed by atoms with Crippen molar-refractivity contribution in [3.63, 3.8) is 0 Å². The first-order valence-corrected chi connectivity index (χ1v) is 9.77. The maximum atomic E-state index is 12.5. The molecule has 1 aromatic carbocycles. The molecule has 4 amide bonds. The normalized spacial score (nSPS) is 18.6. The van der Waals surface area contributed by atoms with Gasteiger partial charge in [0.2, 0.25) is 0 Å². The van der Waals surface area contributed by atoms with Crippen LogP contribution in [0, 0.1) is 0 Å². The Morgan fingerprint density at radius 3 is 2.43 bits per heavy atom. The number of benzene rings is 1. The molecule has 1 aromatic rings. The molecule has 2 heterocycles. The molecule has 0 spiro atoms. The smallest absolute Gasteiger partial charge is 0.321 e. The molecule has 0 aromatic heterocycles. The molecule has 2 saturated heterocycles. The first-order chi connectivity index (χ1) is 13.5. The van der Waals surface area contributed by atoms with Crippen molar-refractivity contribution in [2.45, 2.75) is 18.9 Å². The number of likely N-dealkylation sites (tertiary alicyclic amines) is 1. The van der Waals surface area contributed by atoms with Crippen LogP contribution in [-0.4, -0.2) is 85.0 Å².